The Balaban J connectivity index is 2.37. The molecule has 1 amide bonds. The lowest BCUT2D eigenvalue weighted by Crippen LogP contribution is -2.37. The highest BCUT2D eigenvalue weighted by Crippen LogP contribution is 2.23. The van der Waals surface area contributed by atoms with Crippen LogP contribution in [0.3, 0.4) is 0 Å². The van der Waals surface area contributed by atoms with Crippen LogP contribution in [0.4, 0.5) is 0 Å². The molecule has 0 aliphatic heterocycles. The van der Waals surface area contributed by atoms with E-state index in [1.54, 1.807) is 0 Å². The first-order valence-corrected chi connectivity index (χ1v) is 7.85. The fourth-order valence-corrected chi connectivity index (χ4v) is 2.23. The maximum absolute atomic E-state index is 12.2. The van der Waals surface area contributed by atoms with Crippen molar-refractivity contribution in [3.05, 3.63) is 35.4 Å². The molecule has 112 valence electrons. The third-order valence-corrected chi connectivity index (χ3v) is 3.90. The number of benzene rings is 1. The van der Waals surface area contributed by atoms with Crippen LogP contribution in [0.25, 0.3) is 0 Å². The summed E-state index contributed by atoms with van der Waals surface area (Å²) in [4.78, 5) is 12.2. The molecule has 0 radical (unpaired) electrons. The predicted molar refractivity (Wildman–Crippen MR) is 85.8 cm³/mol. The molecule has 0 aliphatic carbocycles. The summed E-state index contributed by atoms with van der Waals surface area (Å²) in [5.74, 6) is 0.177. The van der Waals surface area contributed by atoms with Gasteiger partial charge in [-0.1, -0.05) is 64.8 Å². The highest BCUT2D eigenvalue weighted by atomic mass is 16.2. The molecule has 0 fully saturated rings. The Labute approximate surface area is 124 Å². The van der Waals surface area contributed by atoms with Gasteiger partial charge in [0, 0.05) is 12.0 Å². The number of amides is 1. The molecule has 0 saturated carbocycles. The van der Waals surface area contributed by atoms with Crippen molar-refractivity contribution < 1.29 is 4.79 Å². The van der Waals surface area contributed by atoms with Crippen LogP contribution in [0.5, 0.6) is 0 Å². The van der Waals surface area contributed by atoms with Crippen molar-refractivity contribution >= 4 is 5.91 Å². The Kier molecular flexibility index (Phi) is 6.77. The van der Waals surface area contributed by atoms with E-state index < -0.39 is 0 Å². The van der Waals surface area contributed by atoms with Crippen molar-refractivity contribution in [1.82, 2.24) is 5.32 Å². The Morgan fingerprint density at radius 3 is 2.25 bits per heavy atom. The van der Waals surface area contributed by atoms with Gasteiger partial charge in [-0.05, 0) is 30.4 Å². The zero-order chi connectivity index (χ0) is 15.0. The minimum absolute atomic E-state index is 0.177. The summed E-state index contributed by atoms with van der Waals surface area (Å²) < 4.78 is 0. The minimum Gasteiger partial charge on any atom is -0.355 e. The fourth-order valence-electron chi connectivity index (χ4n) is 2.23. The van der Waals surface area contributed by atoms with Crippen molar-refractivity contribution in [2.75, 3.05) is 6.54 Å². The quantitative estimate of drug-likeness (QED) is 0.759. The van der Waals surface area contributed by atoms with E-state index in [9.17, 15) is 4.79 Å². The molecule has 2 nitrogen and oxygen atoms in total. The zero-order valence-corrected chi connectivity index (χ0v) is 13.5. The van der Waals surface area contributed by atoms with Gasteiger partial charge in [0.25, 0.3) is 0 Å². The minimum atomic E-state index is -0.248. The van der Waals surface area contributed by atoms with Crippen molar-refractivity contribution in [2.45, 2.75) is 59.8 Å². The second kappa shape index (κ2) is 8.08. The van der Waals surface area contributed by atoms with Gasteiger partial charge in [-0.25, -0.2) is 0 Å². The molecule has 2 heteroatoms. The van der Waals surface area contributed by atoms with E-state index in [0.717, 1.165) is 38.6 Å². The molecule has 20 heavy (non-hydrogen) atoms. The monoisotopic (exact) mass is 275 g/mol. The number of unbranched alkanes of at least 4 members (excludes halogenated alkanes) is 1. The summed E-state index contributed by atoms with van der Waals surface area (Å²) in [6.45, 7) is 9.11. The van der Waals surface area contributed by atoms with Crippen LogP contribution in [0.15, 0.2) is 24.3 Å². The van der Waals surface area contributed by atoms with E-state index in [2.05, 4.69) is 43.4 Å². The molecule has 1 rings (SSSR count). The van der Waals surface area contributed by atoms with Gasteiger partial charge in [0.1, 0.15) is 0 Å². The molecule has 0 saturated heterocycles. The smallest absolute Gasteiger partial charge is 0.225 e. The van der Waals surface area contributed by atoms with Crippen LogP contribution < -0.4 is 5.32 Å². The lowest BCUT2D eigenvalue weighted by molar-refractivity contribution is -0.129. The number of rotatable bonds is 8. The SMILES string of the molecule is CCCCC(C)(C)C(=O)NCCc1ccc(CC)cc1. The van der Waals surface area contributed by atoms with Gasteiger partial charge in [-0.3, -0.25) is 4.79 Å². The Hall–Kier alpha value is -1.31. The molecule has 0 aromatic heterocycles. The lowest BCUT2D eigenvalue weighted by atomic mass is 9.86. The summed E-state index contributed by atoms with van der Waals surface area (Å²) in [6, 6.07) is 8.66. The van der Waals surface area contributed by atoms with Crippen LogP contribution in [0.2, 0.25) is 0 Å². The second-order valence-electron chi connectivity index (χ2n) is 6.16. The van der Waals surface area contributed by atoms with Gasteiger partial charge in [0.2, 0.25) is 5.91 Å². The summed E-state index contributed by atoms with van der Waals surface area (Å²) in [7, 11) is 0. The summed E-state index contributed by atoms with van der Waals surface area (Å²) in [5.41, 5.74) is 2.40. The number of carbonyl (C=O) groups is 1. The average Bonchev–Trinajstić information content (AvgIpc) is 2.45. The molecule has 0 bridgehead atoms. The molecular weight excluding hydrogens is 246 g/mol. The normalized spacial score (nSPS) is 11.4. The van der Waals surface area contributed by atoms with Gasteiger partial charge in [-0.2, -0.15) is 0 Å². The van der Waals surface area contributed by atoms with Crippen LogP contribution in [-0.4, -0.2) is 12.5 Å². The Morgan fingerprint density at radius 2 is 1.70 bits per heavy atom. The van der Waals surface area contributed by atoms with E-state index in [1.807, 2.05) is 13.8 Å². The third-order valence-electron chi connectivity index (χ3n) is 3.90. The molecule has 1 N–H and O–H groups in total. The maximum Gasteiger partial charge on any atom is 0.225 e. The first-order chi connectivity index (χ1) is 9.49. The van der Waals surface area contributed by atoms with Crippen molar-refractivity contribution in [2.24, 2.45) is 5.41 Å². The molecule has 1 aromatic carbocycles. The van der Waals surface area contributed by atoms with Crippen molar-refractivity contribution in [1.29, 1.82) is 0 Å². The van der Waals surface area contributed by atoms with E-state index in [1.165, 1.54) is 11.1 Å². The lowest BCUT2D eigenvalue weighted by Gasteiger charge is -2.23. The Bertz CT molecular complexity index is 406. The predicted octanol–water partition coefficient (Wildman–Crippen LogP) is 4.12. The van der Waals surface area contributed by atoms with Gasteiger partial charge in [-0.15, -0.1) is 0 Å². The number of hydrogen-bond acceptors (Lipinski definition) is 1. The maximum atomic E-state index is 12.2. The number of hydrogen-bond donors (Lipinski definition) is 1. The third kappa shape index (κ3) is 5.36. The molecular formula is C18H29NO. The molecule has 0 atom stereocenters. The number of aryl methyl sites for hydroxylation is 1. The molecule has 1 aromatic rings. The van der Waals surface area contributed by atoms with E-state index >= 15 is 0 Å². The fraction of sp³-hybridized carbons (Fsp3) is 0.611. The standard InChI is InChI=1S/C18H29NO/c1-5-7-13-18(3,4)17(20)19-14-12-16-10-8-15(6-2)9-11-16/h8-11H,5-7,12-14H2,1-4H3,(H,19,20). The van der Waals surface area contributed by atoms with Crippen molar-refractivity contribution in [3.8, 4) is 0 Å². The highest BCUT2D eigenvalue weighted by Gasteiger charge is 2.26. The van der Waals surface area contributed by atoms with E-state index in [4.69, 9.17) is 0 Å². The zero-order valence-electron chi connectivity index (χ0n) is 13.5. The first kappa shape index (κ1) is 16.7. The van der Waals surface area contributed by atoms with E-state index in [-0.39, 0.29) is 11.3 Å². The van der Waals surface area contributed by atoms with E-state index in [0.29, 0.717) is 0 Å². The summed E-state index contributed by atoms with van der Waals surface area (Å²) in [6.07, 6.45) is 5.18. The average molecular weight is 275 g/mol. The number of nitrogens with one attached hydrogen (secondary N) is 1. The van der Waals surface area contributed by atoms with Gasteiger partial charge in [0.05, 0.1) is 0 Å². The Morgan fingerprint density at radius 1 is 1.10 bits per heavy atom. The topological polar surface area (TPSA) is 29.1 Å². The van der Waals surface area contributed by atoms with Crippen LogP contribution in [0.1, 0.15) is 58.1 Å². The van der Waals surface area contributed by atoms with Gasteiger partial charge >= 0.3 is 0 Å². The molecule has 0 aliphatic rings. The van der Waals surface area contributed by atoms with Crippen molar-refractivity contribution in [3.63, 3.8) is 0 Å². The van der Waals surface area contributed by atoms with Crippen LogP contribution in [0, 0.1) is 5.41 Å². The molecule has 0 heterocycles. The summed E-state index contributed by atoms with van der Waals surface area (Å²) >= 11 is 0. The number of carbonyl (C=O) groups excluding carboxylic acids is 1. The highest BCUT2D eigenvalue weighted by molar-refractivity contribution is 5.81. The van der Waals surface area contributed by atoms with Crippen LogP contribution >= 0.6 is 0 Å². The van der Waals surface area contributed by atoms with Crippen LogP contribution in [-0.2, 0) is 17.6 Å². The molecule has 0 unspecified atom stereocenters. The largest absolute Gasteiger partial charge is 0.355 e. The van der Waals surface area contributed by atoms with Gasteiger partial charge < -0.3 is 5.32 Å². The summed E-state index contributed by atoms with van der Waals surface area (Å²) in [5, 5.41) is 3.07. The van der Waals surface area contributed by atoms with Gasteiger partial charge in [0.15, 0.2) is 0 Å². The second-order valence-corrected chi connectivity index (χ2v) is 6.16. The first-order valence-electron chi connectivity index (χ1n) is 7.85. The molecule has 0 spiro atoms.